The molecule has 2 saturated carbocycles. The van der Waals surface area contributed by atoms with Gasteiger partial charge < -0.3 is 10.1 Å². The van der Waals surface area contributed by atoms with Crippen LogP contribution in [-0.2, 0) is 11.8 Å². The van der Waals surface area contributed by atoms with Crippen molar-refractivity contribution in [1.82, 2.24) is 15.1 Å². The van der Waals surface area contributed by atoms with Crippen LogP contribution in [0.5, 0.6) is 0 Å². The summed E-state index contributed by atoms with van der Waals surface area (Å²) in [7, 11) is 1.58. The molecule has 1 aromatic heterocycles. The molecule has 2 atom stereocenters. The van der Waals surface area contributed by atoms with Gasteiger partial charge in [0, 0.05) is 25.1 Å². The Morgan fingerprint density at radius 2 is 2.04 bits per heavy atom. The van der Waals surface area contributed by atoms with E-state index in [1.807, 2.05) is 13.8 Å². The van der Waals surface area contributed by atoms with Gasteiger partial charge in [-0.25, -0.2) is 4.68 Å². The summed E-state index contributed by atoms with van der Waals surface area (Å²) in [5, 5.41) is 7.27. The summed E-state index contributed by atoms with van der Waals surface area (Å²) >= 11 is 0. The van der Waals surface area contributed by atoms with Crippen LogP contribution in [0.25, 0.3) is 0 Å². The highest BCUT2D eigenvalue weighted by Gasteiger charge is 2.57. The molecule has 6 nitrogen and oxygen atoms in total. The molecule has 0 aromatic carbocycles. The number of aryl methyl sites for hydroxylation is 2. The van der Waals surface area contributed by atoms with Crippen LogP contribution in [0, 0.1) is 19.3 Å². The third-order valence-electron chi connectivity index (χ3n) is 5.95. The number of ether oxygens (including phenoxy) is 1. The predicted octanol–water partition coefficient (Wildman–Crippen LogP) is 1.86. The minimum atomic E-state index is -0.336. The number of hydrogen-bond acceptors (Lipinski definition) is 4. The van der Waals surface area contributed by atoms with Crippen molar-refractivity contribution >= 4 is 5.91 Å². The van der Waals surface area contributed by atoms with E-state index in [0.717, 1.165) is 19.3 Å². The lowest BCUT2D eigenvalue weighted by atomic mass is 9.60. The first-order valence-corrected chi connectivity index (χ1v) is 8.87. The molecule has 2 aliphatic carbocycles. The molecule has 1 heterocycles. The topological polar surface area (TPSA) is 73.2 Å². The van der Waals surface area contributed by atoms with Crippen LogP contribution < -0.4 is 10.9 Å². The molecule has 1 aromatic rings. The molecule has 1 N–H and O–H groups in total. The molecule has 0 aliphatic heterocycles. The van der Waals surface area contributed by atoms with Crippen molar-refractivity contribution < 1.29 is 9.53 Å². The van der Waals surface area contributed by atoms with E-state index in [2.05, 4.69) is 10.4 Å². The molecule has 1 spiro atoms. The van der Waals surface area contributed by atoms with Crippen molar-refractivity contribution in [3.63, 3.8) is 0 Å². The van der Waals surface area contributed by atoms with Crippen molar-refractivity contribution in [2.75, 3.05) is 6.61 Å². The second kappa shape index (κ2) is 6.31. The fraction of sp³-hybridized carbons (Fsp3) is 0.722. The number of amides is 1. The Morgan fingerprint density at radius 3 is 2.67 bits per heavy atom. The van der Waals surface area contributed by atoms with Gasteiger partial charge in [0.15, 0.2) is 0 Å². The van der Waals surface area contributed by atoms with Crippen molar-refractivity contribution in [3.05, 3.63) is 27.2 Å². The second-order valence-corrected chi connectivity index (χ2v) is 7.16. The molecule has 0 unspecified atom stereocenters. The zero-order valence-electron chi connectivity index (χ0n) is 15.0. The molecule has 0 bridgehead atoms. The zero-order chi connectivity index (χ0) is 17.5. The molecule has 24 heavy (non-hydrogen) atoms. The minimum absolute atomic E-state index is 0.0624. The maximum absolute atomic E-state index is 12.8. The number of carbonyl (C=O) groups excluding carboxylic acids is 1. The monoisotopic (exact) mass is 333 g/mol. The van der Waals surface area contributed by atoms with E-state index in [-0.39, 0.29) is 34.6 Å². The third kappa shape index (κ3) is 2.57. The van der Waals surface area contributed by atoms with Gasteiger partial charge in [0.05, 0.1) is 11.8 Å². The quantitative estimate of drug-likeness (QED) is 0.913. The average molecular weight is 333 g/mol. The highest BCUT2D eigenvalue weighted by molar-refractivity contribution is 5.95. The molecule has 0 radical (unpaired) electrons. The van der Waals surface area contributed by atoms with E-state index in [9.17, 15) is 9.59 Å². The number of aromatic nitrogens is 2. The minimum Gasteiger partial charge on any atom is -0.378 e. The van der Waals surface area contributed by atoms with Crippen LogP contribution in [-0.4, -0.2) is 34.4 Å². The first-order valence-electron chi connectivity index (χ1n) is 8.87. The van der Waals surface area contributed by atoms with E-state index in [1.54, 1.807) is 14.0 Å². The lowest BCUT2D eigenvalue weighted by Crippen LogP contribution is -2.64. The van der Waals surface area contributed by atoms with Crippen LogP contribution in [0.15, 0.2) is 4.79 Å². The first-order chi connectivity index (χ1) is 11.4. The normalized spacial score (nSPS) is 24.8. The van der Waals surface area contributed by atoms with Gasteiger partial charge in [-0.3, -0.25) is 9.59 Å². The van der Waals surface area contributed by atoms with E-state index in [1.165, 1.54) is 17.5 Å². The van der Waals surface area contributed by atoms with E-state index < -0.39 is 0 Å². The van der Waals surface area contributed by atoms with Gasteiger partial charge >= 0.3 is 0 Å². The molecule has 1 amide bonds. The largest absolute Gasteiger partial charge is 0.378 e. The summed E-state index contributed by atoms with van der Waals surface area (Å²) in [5.74, 6) is -0.273. The summed E-state index contributed by atoms with van der Waals surface area (Å²) in [4.78, 5) is 25.2. The number of rotatable bonds is 4. The van der Waals surface area contributed by atoms with Crippen LogP contribution in [0.3, 0.4) is 0 Å². The molecule has 2 aliphatic rings. The van der Waals surface area contributed by atoms with E-state index in [4.69, 9.17) is 4.74 Å². The number of nitrogens with zero attached hydrogens (tertiary/aromatic N) is 2. The SMILES string of the molecule is CCO[C@H]1C[C@@H](NC(=O)c2c(C)c(C)nn(C)c2=O)C12CCCC2. The standard InChI is InChI=1S/C18H27N3O3/c1-5-24-14-10-13(18(14)8-6-7-9-18)19-16(22)15-11(2)12(3)20-21(4)17(15)23/h13-14H,5-10H2,1-4H3,(H,19,22)/t13-,14+/m1/s1. The van der Waals surface area contributed by atoms with E-state index in [0.29, 0.717) is 17.9 Å². The van der Waals surface area contributed by atoms with Crippen molar-refractivity contribution in [1.29, 1.82) is 0 Å². The van der Waals surface area contributed by atoms with Gasteiger partial charge in [-0.2, -0.15) is 5.10 Å². The summed E-state index contributed by atoms with van der Waals surface area (Å²) in [6, 6.07) is 0.0987. The maximum Gasteiger partial charge on any atom is 0.279 e. The summed E-state index contributed by atoms with van der Waals surface area (Å²) < 4.78 is 7.13. The molecular weight excluding hydrogens is 306 g/mol. The summed E-state index contributed by atoms with van der Waals surface area (Å²) in [6.45, 7) is 6.32. The Balaban J connectivity index is 1.83. The maximum atomic E-state index is 12.8. The second-order valence-electron chi connectivity index (χ2n) is 7.16. The molecule has 2 fully saturated rings. The molecule has 3 rings (SSSR count). The Kier molecular flexibility index (Phi) is 4.51. The van der Waals surface area contributed by atoms with Crippen molar-refractivity contribution in [3.8, 4) is 0 Å². The van der Waals surface area contributed by atoms with Gasteiger partial charge in [-0.15, -0.1) is 0 Å². The highest BCUT2D eigenvalue weighted by Crippen LogP contribution is 2.54. The molecular formula is C18H27N3O3. The van der Waals surface area contributed by atoms with Crippen LogP contribution in [0.1, 0.15) is 60.6 Å². The number of carbonyl (C=O) groups is 1. The van der Waals surface area contributed by atoms with Crippen LogP contribution in [0.2, 0.25) is 0 Å². The molecule has 132 valence electrons. The summed E-state index contributed by atoms with van der Waals surface area (Å²) in [6.07, 6.45) is 5.63. The van der Waals surface area contributed by atoms with Gasteiger partial charge in [0.2, 0.25) is 0 Å². The Bertz CT molecular complexity index is 704. The third-order valence-corrected chi connectivity index (χ3v) is 5.95. The Hall–Kier alpha value is -1.69. The Labute approximate surface area is 142 Å². The Morgan fingerprint density at radius 1 is 1.38 bits per heavy atom. The smallest absolute Gasteiger partial charge is 0.279 e. The number of hydrogen-bond donors (Lipinski definition) is 1. The van der Waals surface area contributed by atoms with Crippen molar-refractivity contribution in [2.45, 2.75) is 65.0 Å². The molecule has 0 saturated heterocycles. The van der Waals surface area contributed by atoms with Gasteiger partial charge in [-0.05, 0) is 45.6 Å². The summed E-state index contributed by atoms with van der Waals surface area (Å²) in [5.41, 5.74) is 1.32. The highest BCUT2D eigenvalue weighted by atomic mass is 16.5. The van der Waals surface area contributed by atoms with Gasteiger partial charge in [-0.1, -0.05) is 12.8 Å². The lowest BCUT2D eigenvalue weighted by Gasteiger charge is -2.54. The van der Waals surface area contributed by atoms with E-state index >= 15 is 0 Å². The first kappa shape index (κ1) is 17.1. The zero-order valence-corrected chi connectivity index (χ0v) is 15.0. The molecule has 6 heteroatoms. The van der Waals surface area contributed by atoms with Crippen LogP contribution in [0.4, 0.5) is 0 Å². The number of nitrogens with one attached hydrogen (secondary N) is 1. The average Bonchev–Trinajstić information content (AvgIpc) is 3.05. The van der Waals surface area contributed by atoms with Gasteiger partial charge in [0.25, 0.3) is 11.5 Å². The van der Waals surface area contributed by atoms with Crippen LogP contribution >= 0.6 is 0 Å². The lowest BCUT2D eigenvalue weighted by molar-refractivity contribution is -0.127. The van der Waals surface area contributed by atoms with Gasteiger partial charge in [0.1, 0.15) is 5.56 Å². The van der Waals surface area contributed by atoms with Crippen molar-refractivity contribution in [2.24, 2.45) is 12.5 Å². The fourth-order valence-electron chi connectivity index (χ4n) is 4.44. The fourth-order valence-corrected chi connectivity index (χ4v) is 4.44. The predicted molar refractivity (Wildman–Crippen MR) is 91.1 cm³/mol.